The summed E-state index contributed by atoms with van der Waals surface area (Å²) in [7, 11) is 0. The maximum Gasteiger partial charge on any atom is 0.229 e. The number of carbonyl (C=O) groups excluding carboxylic acids is 1. The van der Waals surface area contributed by atoms with Crippen molar-refractivity contribution in [2.24, 2.45) is 0 Å². The highest BCUT2D eigenvalue weighted by molar-refractivity contribution is 6.05. The van der Waals surface area contributed by atoms with Gasteiger partial charge in [-0.3, -0.25) is 4.79 Å². The molecule has 12 nitrogen and oxygen atoms in total. The van der Waals surface area contributed by atoms with Crippen LogP contribution in [0.4, 0.5) is 0 Å². The number of phenols is 3. The van der Waals surface area contributed by atoms with Gasteiger partial charge in [-0.05, 0) is 17.7 Å². The van der Waals surface area contributed by atoms with Crippen molar-refractivity contribution in [1.29, 1.82) is 0 Å². The monoisotopic (exact) mass is 466 g/mol. The number of aliphatic hydroxyl groups is 5. The van der Waals surface area contributed by atoms with Crippen LogP contribution in [0.3, 0.4) is 0 Å². The summed E-state index contributed by atoms with van der Waals surface area (Å²) in [6.45, 7) is -0.670. The van der Waals surface area contributed by atoms with Crippen LogP contribution in [-0.2, 0) is 4.74 Å². The Bertz CT molecular complexity index is 1050. The van der Waals surface area contributed by atoms with Crippen molar-refractivity contribution >= 4 is 5.78 Å². The van der Waals surface area contributed by atoms with Gasteiger partial charge in [0.15, 0.2) is 23.7 Å². The van der Waals surface area contributed by atoms with Gasteiger partial charge in [-0.25, -0.2) is 0 Å². The Morgan fingerprint density at radius 1 is 0.879 bits per heavy atom. The zero-order valence-electron chi connectivity index (χ0n) is 16.8. The molecule has 1 saturated heterocycles. The molecule has 2 heterocycles. The third-order valence-corrected chi connectivity index (χ3v) is 5.54. The Labute approximate surface area is 186 Å². The number of hydrogen-bond donors (Lipinski definition) is 8. The molecule has 7 atom stereocenters. The summed E-state index contributed by atoms with van der Waals surface area (Å²) in [5.74, 6) is -2.74. The smallest absolute Gasteiger partial charge is 0.229 e. The minimum absolute atomic E-state index is 0.160. The third kappa shape index (κ3) is 4.04. The molecule has 2 aromatic rings. The van der Waals surface area contributed by atoms with Gasteiger partial charge in [-0.15, -0.1) is 0 Å². The van der Waals surface area contributed by atoms with Crippen molar-refractivity contribution in [2.45, 2.75) is 42.9 Å². The largest absolute Gasteiger partial charge is 0.507 e. The zero-order valence-corrected chi connectivity index (χ0v) is 16.8. The van der Waals surface area contributed by atoms with E-state index in [1.54, 1.807) is 0 Å². The van der Waals surface area contributed by atoms with E-state index in [2.05, 4.69) is 0 Å². The maximum absolute atomic E-state index is 12.7. The first kappa shape index (κ1) is 23.0. The Kier molecular flexibility index (Phi) is 6.05. The van der Waals surface area contributed by atoms with Gasteiger partial charge in [-0.2, -0.15) is 0 Å². The Balaban J connectivity index is 1.64. The molecule has 2 aromatic carbocycles. The summed E-state index contributed by atoms with van der Waals surface area (Å²) in [6.07, 6.45) is -10.8. The zero-order chi connectivity index (χ0) is 24.0. The summed E-state index contributed by atoms with van der Waals surface area (Å²) >= 11 is 0. The van der Waals surface area contributed by atoms with Crippen LogP contribution < -0.4 is 9.47 Å². The van der Waals surface area contributed by atoms with Crippen LogP contribution in [0.1, 0.15) is 22.0 Å². The highest BCUT2D eigenvalue weighted by atomic mass is 16.7. The fraction of sp³-hybridized carbons (Fsp3) is 0.381. The molecule has 8 N–H and O–H groups in total. The van der Waals surface area contributed by atoms with Crippen LogP contribution in [0.2, 0.25) is 0 Å². The fourth-order valence-electron chi connectivity index (χ4n) is 3.74. The molecule has 2 aliphatic heterocycles. The number of fused-ring (bicyclic) bond motifs is 1. The standard InChI is InChI=1S/C21H22O12/c22-6-13-15(26)17(28)19(30)21(33-13)31-8-4-11(25)14-12(5-8)32-20(18(29)16(14)27)7-1-2-9(23)10(24)3-7/h1-5,13,15,17-26,28-30H,6H2/t13-,15-,17-,18+,19-,20+,21-/m0/s1. The van der Waals surface area contributed by atoms with Gasteiger partial charge < -0.3 is 55.1 Å². The summed E-state index contributed by atoms with van der Waals surface area (Å²) in [4.78, 5) is 12.7. The summed E-state index contributed by atoms with van der Waals surface area (Å²) in [5, 5.41) is 79.2. The van der Waals surface area contributed by atoms with E-state index in [-0.39, 0.29) is 22.6 Å². The van der Waals surface area contributed by atoms with Crippen molar-refractivity contribution in [2.75, 3.05) is 6.61 Å². The average Bonchev–Trinajstić information content (AvgIpc) is 2.78. The summed E-state index contributed by atoms with van der Waals surface area (Å²) in [6, 6.07) is 5.76. The summed E-state index contributed by atoms with van der Waals surface area (Å²) < 4.78 is 16.4. The van der Waals surface area contributed by atoms with E-state index in [4.69, 9.17) is 14.2 Å². The lowest BCUT2D eigenvalue weighted by Crippen LogP contribution is -2.60. The van der Waals surface area contributed by atoms with E-state index >= 15 is 0 Å². The first-order valence-corrected chi connectivity index (χ1v) is 9.87. The molecule has 0 unspecified atom stereocenters. The SMILES string of the molecule is O=C1c2c(O)cc(O[C@H]3O[C@@H](CO)[C@H](O)[C@H](O)[C@@H]3O)cc2O[C@H](c2ccc(O)c(O)c2)[C@@H]1O. The normalized spacial score (nSPS) is 31.5. The molecule has 12 heteroatoms. The fourth-order valence-corrected chi connectivity index (χ4v) is 3.74. The highest BCUT2D eigenvalue weighted by Gasteiger charge is 2.45. The predicted molar refractivity (Wildman–Crippen MR) is 106 cm³/mol. The highest BCUT2D eigenvalue weighted by Crippen LogP contribution is 2.43. The van der Waals surface area contributed by atoms with Gasteiger partial charge in [-0.1, -0.05) is 6.07 Å². The Hall–Kier alpha value is -3.13. The number of ketones is 1. The molecule has 0 bridgehead atoms. The van der Waals surface area contributed by atoms with Crippen molar-refractivity contribution < 1.29 is 59.9 Å². The second kappa shape index (κ2) is 8.67. The molecular formula is C21H22O12. The molecule has 1 fully saturated rings. The lowest BCUT2D eigenvalue weighted by Gasteiger charge is -2.39. The number of benzene rings is 2. The lowest BCUT2D eigenvalue weighted by molar-refractivity contribution is -0.277. The van der Waals surface area contributed by atoms with Crippen LogP contribution >= 0.6 is 0 Å². The van der Waals surface area contributed by atoms with Gasteiger partial charge in [0, 0.05) is 12.1 Å². The van der Waals surface area contributed by atoms with Gasteiger partial charge in [0.25, 0.3) is 0 Å². The van der Waals surface area contributed by atoms with E-state index in [0.717, 1.165) is 18.2 Å². The van der Waals surface area contributed by atoms with E-state index < -0.39 is 72.6 Å². The molecule has 0 aromatic heterocycles. The van der Waals surface area contributed by atoms with Crippen LogP contribution in [0.25, 0.3) is 0 Å². The quantitative estimate of drug-likeness (QED) is 0.246. The predicted octanol–water partition coefficient (Wildman–Crippen LogP) is -1.34. The van der Waals surface area contributed by atoms with Crippen molar-refractivity contribution in [3.8, 4) is 28.7 Å². The third-order valence-electron chi connectivity index (χ3n) is 5.54. The first-order chi connectivity index (χ1) is 15.6. The average molecular weight is 466 g/mol. The molecular weight excluding hydrogens is 444 g/mol. The second-order valence-electron chi connectivity index (χ2n) is 7.73. The number of aliphatic hydroxyl groups excluding tert-OH is 5. The van der Waals surface area contributed by atoms with Crippen LogP contribution in [0.15, 0.2) is 30.3 Å². The molecule has 2 aliphatic rings. The number of ether oxygens (including phenoxy) is 3. The molecule has 0 spiro atoms. The molecule has 178 valence electrons. The Morgan fingerprint density at radius 3 is 2.27 bits per heavy atom. The Morgan fingerprint density at radius 2 is 1.61 bits per heavy atom. The number of carbonyl (C=O) groups is 1. The number of hydrogen-bond acceptors (Lipinski definition) is 12. The minimum Gasteiger partial charge on any atom is -0.507 e. The molecule has 0 saturated carbocycles. The summed E-state index contributed by atoms with van der Waals surface area (Å²) in [5.41, 5.74) is -0.167. The van der Waals surface area contributed by atoms with Crippen molar-refractivity contribution in [1.82, 2.24) is 0 Å². The van der Waals surface area contributed by atoms with Crippen LogP contribution in [0, 0.1) is 0 Å². The maximum atomic E-state index is 12.7. The van der Waals surface area contributed by atoms with E-state index in [1.807, 2.05) is 0 Å². The first-order valence-electron chi connectivity index (χ1n) is 9.87. The molecule has 4 rings (SSSR count). The lowest BCUT2D eigenvalue weighted by atomic mass is 9.92. The molecule has 0 radical (unpaired) electrons. The van der Waals surface area contributed by atoms with Gasteiger partial charge in [0.05, 0.1) is 6.61 Å². The number of rotatable bonds is 4. The molecule has 0 amide bonds. The van der Waals surface area contributed by atoms with E-state index in [1.165, 1.54) is 12.1 Å². The second-order valence-corrected chi connectivity index (χ2v) is 7.73. The topological polar surface area (TPSA) is 207 Å². The number of Topliss-reactive ketones (excluding diaryl/α,β-unsaturated/α-hetero) is 1. The van der Waals surface area contributed by atoms with Gasteiger partial charge in [0.2, 0.25) is 12.1 Å². The molecule has 0 aliphatic carbocycles. The number of aromatic hydroxyl groups is 3. The van der Waals surface area contributed by atoms with E-state index in [9.17, 15) is 45.6 Å². The number of phenolic OH excluding ortho intramolecular Hbond substituents is 3. The van der Waals surface area contributed by atoms with E-state index in [0.29, 0.717) is 0 Å². The van der Waals surface area contributed by atoms with Crippen molar-refractivity contribution in [3.05, 3.63) is 41.5 Å². The van der Waals surface area contributed by atoms with Gasteiger partial charge in [0.1, 0.15) is 47.2 Å². The van der Waals surface area contributed by atoms with Crippen LogP contribution in [0.5, 0.6) is 28.7 Å². The van der Waals surface area contributed by atoms with Crippen LogP contribution in [-0.4, -0.2) is 90.1 Å². The van der Waals surface area contributed by atoms with Gasteiger partial charge >= 0.3 is 0 Å². The minimum atomic E-state index is -1.73. The van der Waals surface area contributed by atoms with Crippen molar-refractivity contribution in [3.63, 3.8) is 0 Å². The molecule has 33 heavy (non-hydrogen) atoms.